The lowest BCUT2D eigenvalue weighted by Gasteiger charge is -2.73. The van der Waals surface area contributed by atoms with Crippen molar-refractivity contribution in [3.05, 3.63) is 11.6 Å². The van der Waals surface area contributed by atoms with E-state index in [1.54, 1.807) is 6.92 Å². The van der Waals surface area contributed by atoms with E-state index >= 15 is 0 Å². The first kappa shape index (κ1) is 51.5. The highest BCUT2D eigenvalue weighted by Crippen LogP contribution is 2.76. The fourth-order valence-electron chi connectivity index (χ4n) is 14.7. The van der Waals surface area contributed by atoms with E-state index in [-0.39, 0.29) is 18.3 Å². The minimum absolute atomic E-state index is 0.0554. The Hall–Kier alpha value is -2.37. The molecule has 0 bridgehead atoms. The van der Waals surface area contributed by atoms with Gasteiger partial charge in [0.1, 0.15) is 48.8 Å². The number of aliphatic carboxylic acids is 1. The van der Waals surface area contributed by atoms with E-state index in [2.05, 4.69) is 19.9 Å². The summed E-state index contributed by atoms with van der Waals surface area (Å²) in [5.41, 5.74) is -4.30. The molecule has 7 aliphatic rings. The third-order valence-corrected chi connectivity index (χ3v) is 18.5. The molecule has 22 atom stereocenters. The molecule has 0 amide bonds. The van der Waals surface area contributed by atoms with Gasteiger partial charge in [0, 0.05) is 24.2 Å². The highest BCUT2D eigenvalue weighted by atomic mass is 16.8. The number of carbonyl (C=O) groups excluding carboxylic acids is 2. The van der Waals surface area contributed by atoms with Gasteiger partial charge >= 0.3 is 17.9 Å². The summed E-state index contributed by atoms with van der Waals surface area (Å²) in [5.74, 6) is -3.49. The van der Waals surface area contributed by atoms with Crippen LogP contribution in [-0.4, -0.2) is 174 Å². The van der Waals surface area contributed by atoms with E-state index in [1.165, 1.54) is 6.92 Å². The van der Waals surface area contributed by atoms with Gasteiger partial charge < -0.3 is 79.5 Å². The Kier molecular flexibility index (Phi) is 13.9. The van der Waals surface area contributed by atoms with Gasteiger partial charge in [-0.05, 0) is 72.5 Å². The number of carbonyl (C=O) groups is 3. The Balaban J connectivity index is 1.21. The van der Waals surface area contributed by atoms with Gasteiger partial charge in [-0.3, -0.25) is 9.59 Å². The SMILES string of the molecule is CCC(=O)O[C@@H]1[C@@H](OC(C)=O)[C@@]2(CO)[C@H](CC1(C)C)C1=CC[C@@H]3[C@]4(C)CC[C@H](O[C@H]5O[C@@H](C(=O)O)[C@H](O)[C@@H](O)[C@@H]5O[C@H]5O[C@@H](CO)[C@H](O)[C@@H](O)[C@@H]5O)C(C)(C)[C@@H]4CC[C@]3(C)[C@]1(C)[C@H](O)[C@H]2O. The standard InChI is InChI=1S/C47H74O19/c1-10-27(51)64-37-38(61-20(2)50)47(19-49)22(17-42(37,3)4)21-11-12-25-44(7)15-14-26(43(5,6)24(44)13-16-45(25,8)46(21,9)35(57)36(47)58)63-41-34(31(55)30(54)33(65-41)39(59)60)66-40-32(56)29(53)28(52)23(18-48)62-40/h11,22-26,28-38,40-41,48-49,52-58H,10,12-19H2,1-9H3,(H,59,60)/t22-,23+,24+,25-,26+,28+,29-,30-,31-,32+,33-,34+,35-,36-,37-,38-,40-,41+,44-,45+,46+,47+/m1/s1. The van der Waals surface area contributed by atoms with Crippen LogP contribution < -0.4 is 0 Å². The van der Waals surface area contributed by atoms with Crippen LogP contribution in [0.25, 0.3) is 0 Å². The van der Waals surface area contributed by atoms with E-state index in [9.17, 15) is 65.4 Å². The second-order valence-corrected chi connectivity index (χ2v) is 22.4. The molecule has 19 nitrogen and oxygen atoms in total. The molecule has 2 heterocycles. The molecule has 0 aromatic rings. The Morgan fingerprint density at radius 2 is 1.42 bits per heavy atom. The van der Waals surface area contributed by atoms with Crippen molar-refractivity contribution < 1.29 is 93.9 Å². The lowest BCUT2D eigenvalue weighted by molar-refractivity contribution is -0.374. The quantitative estimate of drug-likeness (QED) is 0.0800. The number of aliphatic hydroxyl groups excluding tert-OH is 9. The highest BCUT2D eigenvalue weighted by molar-refractivity contribution is 5.73. The van der Waals surface area contributed by atoms with E-state index < -0.39 is 161 Å². The maximum Gasteiger partial charge on any atom is 0.335 e. The third kappa shape index (κ3) is 7.51. The summed E-state index contributed by atoms with van der Waals surface area (Å²) in [5, 5.41) is 110. The van der Waals surface area contributed by atoms with Crippen LogP contribution in [0.1, 0.15) is 107 Å². The molecule has 0 aromatic heterocycles. The fourth-order valence-corrected chi connectivity index (χ4v) is 14.7. The number of allylic oxidation sites excluding steroid dienone is 1. The highest BCUT2D eigenvalue weighted by Gasteiger charge is 2.76. The summed E-state index contributed by atoms with van der Waals surface area (Å²) in [6.45, 7) is 15.8. The molecule has 2 aliphatic heterocycles. The van der Waals surface area contributed by atoms with Crippen LogP contribution in [0.15, 0.2) is 11.6 Å². The molecule has 4 saturated carbocycles. The lowest BCUT2D eigenvalue weighted by atomic mass is 9.32. The molecule has 0 unspecified atom stereocenters. The van der Waals surface area contributed by atoms with E-state index in [4.69, 9.17) is 28.4 Å². The van der Waals surface area contributed by atoms with Crippen molar-refractivity contribution in [2.45, 2.75) is 199 Å². The average Bonchev–Trinajstić information content (AvgIpc) is 3.24. The van der Waals surface area contributed by atoms with Gasteiger partial charge in [-0.2, -0.15) is 0 Å². The number of fused-ring (bicyclic) bond motifs is 7. The van der Waals surface area contributed by atoms with Gasteiger partial charge in [0.15, 0.2) is 24.8 Å². The fraction of sp³-hybridized carbons (Fsp3) is 0.894. The Labute approximate surface area is 385 Å². The number of carboxylic acid groups (broad SMARTS) is 1. The van der Waals surface area contributed by atoms with Crippen molar-refractivity contribution in [3.8, 4) is 0 Å². The van der Waals surface area contributed by atoms with Crippen molar-refractivity contribution in [3.63, 3.8) is 0 Å². The van der Waals surface area contributed by atoms with E-state index in [1.807, 2.05) is 34.6 Å². The van der Waals surface area contributed by atoms with Gasteiger partial charge in [-0.1, -0.05) is 67.0 Å². The van der Waals surface area contributed by atoms with Crippen LogP contribution in [0.4, 0.5) is 0 Å². The van der Waals surface area contributed by atoms with Crippen molar-refractivity contribution in [2.75, 3.05) is 13.2 Å². The van der Waals surface area contributed by atoms with Crippen LogP contribution in [0.2, 0.25) is 0 Å². The maximum absolute atomic E-state index is 12.8. The van der Waals surface area contributed by atoms with Gasteiger partial charge in [0.05, 0.1) is 36.9 Å². The van der Waals surface area contributed by atoms with Gasteiger partial charge in [0.25, 0.3) is 0 Å². The molecule has 19 heteroatoms. The first-order chi connectivity index (χ1) is 30.6. The molecule has 376 valence electrons. The molecule has 0 spiro atoms. The second-order valence-electron chi connectivity index (χ2n) is 22.4. The van der Waals surface area contributed by atoms with Crippen molar-refractivity contribution in [1.82, 2.24) is 0 Å². The van der Waals surface area contributed by atoms with Crippen molar-refractivity contribution >= 4 is 17.9 Å². The summed E-state index contributed by atoms with van der Waals surface area (Å²) in [6.07, 6.45) is -18.4. The summed E-state index contributed by atoms with van der Waals surface area (Å²) in [4.78, 5) is 37.9. The second kappa shape index (κ2) is 17.8. The summed E-state index contributed by atoms with van der Waals surface area (Å²) in [7, 11) is 0. The molecule has 0 radical (unpaired) electrons. The Morgan fingerprint density at radius 3 is 2.02 bits per heavy atom. The number of rotatable bonds is 10. The van der Waals surface area contributed by atoms with Gasteiger partial charge in [0.2, 0.25) is 0 Å². The Bertz CT molecular complexity index is 1870. The molecule has 7 rings (SSSR count). The Morgan fingerprint density at radius 1 is 0.758 bits per heavy atom. The molecule has 2 saturated heterocycles. The molecular formula is C47H74O19. The maximum atomic E-state index is 12.8. The van der Waals surface area contributed by atoms with Gasteiger partial charge in [-0.15, -0.1) is 0 Å². The van der Waals surface area contributed by atoms with Gasteiger partial charge in [-0.25, -0.2) is 4.79 Å². The number of esters is 2. The zero-order valence-electron chi connectivity index (χ0n) is 39.5. The normalized spacial score (nSPS) is 50.6. The number of ether oxygens (including phenoxy) is 6. The van der Waals surface area contributed by atoms with Crippen LogP contribution in [0.5, 0.6) is 0 Å². The molecule has 5 aliphatic carbocycles. The largest absolute Gasteiger partial charge is 0.479 e. The smallest absolute Gasteiger partial charge is 0.335 e. The topological polar surface area (TPSA) is 309 Å². The number of hydrogen-bond donors (Lipinski definition) is 10. The molecule has 10 N–H and O–H groups in total. The van der Waals surface area contributed by atoms with Crippen LogP contribution in [-0.2, 0) is 42.8 Å². The van der Waals surface area contributed by atoms with Crippen molar-refractivity contribution in [2.24, 2.45) is 50.2 Å². The number of carboxylic acids is 1. The minimum Gasteiger partial charge on any atom is -0.479 e. The molecule has 66 heavy (non-hydrogen) atoms. The first-order valence-corrected chi connectivity index (χ1v) is 23.6. The monoisotopic (exact) mass is 942 g/mol. The average molecular weight is 943 g/mol. The molecule has 6 fully saturated rings. The van der Waals surface area contributed by atoms with E-state index in [0.29, 0.717) is 38.5 Å². The zero-order valence-corrected chi connectivity index (χ0v) is 39.5. The summed E-state index contributed by atoms with van der Waals surface area (Å²) < 4.78 is 35.9. The van der Waals surface area contributed by atoms with Crippen LogP contribution in [0.3, 0.4) is 0 Å². The summed E-state index contributed by atoms with van der Waals surface area (Å²) >= 11 is 0. The van der Waals surface area contributed by atoms with Crippen LogP contribution >= 0.6 is 0 Å². The zero-order chi connectivity index (χ0) is 49.0. The number of hydrogen-bond acceptors (Lipinski definition) is 18. The third-order valence-electron chi connectivity index (χ3n) is 18.5. The predicted octanol–water partition coefficient (Wildman–Crippen LogP) is 0.297. The number of aliphatic hydroxyl groups is 9. The first-order valence-electron chi connectivity index (χ1n) is 23.6. The predicted molar refractivity (Wildman–Crippen MR) is 227 cm³/mol. The van der Waals surface area contributed by atoms with E-state index in [0.717, 1.165) is 5.57 Å². The summed E-state index contributed by atoms with van der Waals surface area (Å²) in [6, 6.07) is 0. The molecular weight excluding hydrogens is 868 g/mol. The lowest BCUT2D eigenvalue weighted by Crippen LogP contribution is -2.76. The minimum atomic E-state index is -2.01. The molecule has 0 aromatic carbocycles. The van der Waals surface area contributed by atoms with Crippen molar-refractivity contribution in [1.29, 1.82) is 0 Å². The van der Waals surface area contributed by atoms with Crippen LogP contribution in [0, 0.1) is 50.2 Å².